The van der Waals surface area contributed by atoms with Gasteiger partial charge in [-0.3, -0.25) is 5.43 Å². The number of nitrogens with zero attached hydrogens (tertiary/aromatic N) is 2. The van der Waals surface area contributed by atoms with E-state index in [4.69, 9.17) is 40.1 Å². The van der Waals surface area contributed by atoms with Gasteiger partial charge in [-0.2, -0.15) is 10.4 Å². The van der Waals surface area contributed by atoms with Crippen molar-refractivity contribution >= 4 is 52.2 Å². The lowest BCUT2D eigenvalue weighted by atomic mass is 10.3. The minimum Gasteiger partial charge on any atom is -0.464 e. The zero-order chi connectivity index (χ0) is 13.7. The van der Waals surface area contributed by atoms with Crippen LogP contribution >= 0.6 is 34.8 Å². The maximum Gasteiger partial charge on any atom is 0.369 e. The van der Waals surface area contributed by atoms with Crippen LogP contribution in [-0.4, -0.2) is 18.8 Å². The monoisotopic (exact) mass is 305 g/mol. The van der Waals surface area contributed by atoms with E-state index in [9.17, 15) is 4.79 Å². The van der Waals surface area contributed by atoms with Crippen molar-refractivity contribution < 1.29 is 9.53 Å². The first-order valence-electron chi connectivity index (χ1n) is 4.46. The zero-order valence-corrected chi connectivity index (χ0v) is 11.3. The van der Waals surface area contributed by atoms with E-state index in [2.05, 4.69) is 15.3 Å². The van der Waals surface area contributed by atoms with Gasteiger partial charge in [0, 0.05) is 0 Å². The molecule has 0 heterocycles. The maximum absolute atomic E-state index is 11.1. The van der Waals surface area contributed by atoms with E-state index >= 15 is 0 Å². The quantitative estimate of drug-likeness (QED) is 0.403. The standard InChI is InChI=1S/C10H6Cl3N3O2/c1-18-10(17)9(4-14)16-15-8-3-6(12)5(11)2-7(8)13/h2-3,15H,1H3. The number of ether oxygens (including phenoxy) is 1. The Morgan fingerprint density at radius 1 is 1.33 bits per heavy atom. The van der Waals surface area contributed by atoms with Gasteiger partial charge in [0.05, 0.1) is 27.9 Å². The Morgan fingerprint density at radius 3 is 2.50 bits per heavy atom. The summed E-state index contributed by atoms with van der Waals surface area (Å²) in [4.78, 5) is 11.1. The van der Waals surface area contributed by atoms with Crippen LogP contribution in [-0.2, 0) is 9.53 Å². The predicted octanol–water partition coefficient (Wildman–Crippen LogP) is 3.11. The molecule has 0 aliphatic rings. The van der Waals surface area contributed by atoms with E-state index in [0.29, 0.717) is 5.69 Å². The average molecular weight is 307 g/mol. The highest BCUT2D eigenvalue weighted by Crippen LogP contribution is 2.32. The van der Waals surface area contributed by atoms with Gasteiger partial charge in [0.1, 0.15) is 6.07 Å². The summed E-state index contributed by atoms with van der Waals surface area (Å²) < 4.78 is 4.35. The molecule has 8 heteroatoms. The van der Waals surface area contributed by atoms with E-state index < -0.39 is 11.7 Å². The molecule has 0 spiro atoms. The molecule has 1 rings (SSSR count). The number of hydrazone groups is 1. The molecule has 18 heavy (non-hydrogen) atoms. The molecule has 0 fully saturated rings. The number of esters is 1. The second-order valence-corrected chi connectivity index (χ2v) is 4.14. The van der Waals surface area contributed by atoms with Crippen LogP contribution in [0.25, 0.3) is 0 Å². The van der Waals surface area contributed by atoms with Crippen molar-refractivity contribution in [3.63, 3.8) is 0 Å². The summed E-state index contributed by atoms with van der Waals surface area (Å²) in [5, 5.41) is 13.0. The lowest BCUT2D eigenvalue weighted by Crippen LogP contribution is -2.15. The maximum atomic E-state index is 11.1. The molecule has 1 N–H and O–H groups in total. The van der Waals surface area contributed by atoms with Gasteiger partial charge in [-0.25, -0.2) is 4.79 Å². The van der Waals surface area contributed by atoms with Gasteiger partial charge in [-0.15, -0.1) is 0 Å². The van der Waals surface area contributed by atoms with Crippen molar-refractivity contribution in [3.8, 4) is 6.07 Å². The molecule has 1 aromatic carbocycles. The van der Waals surface area contributed by atoms with Crippen molar-refractivity contribution in [2.24, 2.45) is 5.10 Å². The molecule has 0 saturated carbocycles. The van der Waals surface area contributed by atoms with Gasteiger partial charge >= 0.3 is 5.97 Å². The number of hydrogen-bond acceptors (Lipinski definition) is 5. The molecular weight excluding hydrogens is 300 g/mol. The lowest BCUT2D eigenvalue weighted by molar-refractivity contribution is -0.132. The Labute approximate surface area is 118 Å². The molecule has 0 amide bonds. The topological polar surface area (TPSA) is 74.5 Å². The summed E-state index contributed by atoms with van der Waals surface area (Å²) in [6.07, 6.45) is 0. The van der Waals surface area contributed by atoms with Gasteiger partial charge in [0.25, 0.3) is 0 Å². The Morgan fingerprint density at radius 2 is 1.94 bits per heavy atom. The molecule has 0 aromatic heterocycles. The third kappa shape index (κ3) is 3.50. The van der Waals surface area contributed by atoms with Crippen LogP contribution in [0.1, 0.15) is 0 Å². The molecule has 94 valence electrons. The second-order valence-electron chi connectivity index (χ2n) is 2.92. The van der Waals surface area contributed by atoms with Crippen LogP contribution in [0.3, 0.4) is 0 Å². The largest absolute Gasteiger partial charge is 0.464 e. The SMILES string of the molecule is COC(=O)C(C#N)=NNc1cc(Cl)c(Cl)cc1Cl. The fraction of sp³-hybridized carbons (Fsp3) is 0.100. The minimum atomic E-state index is -0.860. The minimum absolute atomic E-state index is 0.246. The number of nitriles is 1. The van der Waals surface area contributed by atoms with Crippen LogP contribution in [0.5, 0.6) is 0 Å². The van der Waals surface area contributed by atoms with Crippen molar-refractivity contribution in [3.05, 3.63) is 27.2 Å². The number of benzene rings is 1. The number of methoxy groups -OCH3 is 1. The van der Waals surface area contributed by atoms with Gasteiger partial charge in [-0.05, 0) is 12.1 Å². The molecule has 0 aliphatic heterocycles. The molecule has 0 bridgehead atoms. The Balaban J connectivity index is 2.99. The average Bonchev–Trinajstić information content (AvgIpc) is 2.35. The molecule has 5 nitrogen and oxygen atoms in total. The molecule has 0 atom stereocenters. The molecule has 0 radical (unpaired) electrons. The highest BCUT2D eigenvalue weighted by atomic mass is 35.5. The summed E-state index contributed by atoms with van der Waals surface area (Å²) in [6.45, 7) is 0. The van der Waals surface area contributed by atoms with Crippen LogP contribution in [0.15, 0.2) is 17.2 Å². The van der Waals surface area contributed by atoms with Crippen molar-refractivity contribution in [1.82, 2.24) is 0 Å². The predicted molar refractivity (Wildman–Crippen MR) is 70.2 cm³/mol. The summed E-state index contributed by atoms with van der Waals surface area (Å²) in [6, 6.07) is 4.41. The number of carbonyl (C=O) groups excluding carboxylic acids is 1. The van der Waals surface area contributed by atoms with Crippen LogP contribution < -0.4 is 5.43 Å². The van der Waals surface area contributed by atoms with Gasteiger partial charge in [0.2, 0.25) is 5.71 Å². The van der Waals surface area contributed by atoms with Gasteiger partial charge in [0.15, 0.2) is 0 Å². The fourth-order valence-corrected chi connectivity index (χ4v) is 1.53. The number of rotatable bonds is 3. The van der Waals surface area contributed by atoms with E-state index in [-0.39, 0.29) is 15.1 Å². The lowest BCUT2D eigenvalue weighted by Gasteiger charge is -2.05. The van der Waals surface area contributed by atoms with Crippen molar-refractivity contribution in [2.75, 3.05) is 12.5 Å². The third-order valence-corrected chi connectivity index (χ3v) is 2.82. The first-order valence-corrected chi connectivity index (χ1v) is 5.59. The zero-order valence-electron chi connectivity index (χ0n) is 9.00. The summed E-state index contributed by atoms with van der Waals surface area (Å²) in [5.41, 5.74) is 2.30. The number of carbonyl (C=O) groups is 1. The Kier molecular flexibility index (Phi) is 5.23. The van der Waals surface area contributed by atoms with E-state index in [0.717, 1.165) is 7.11 Å². The van der Waals surface area contributed by atoms with Crippen LogP contribution in [0, 0.1) is 11.3 Å². The molecular formula is C10H6Cl3N3O2. The first kappa shape index (κ1) is 14.6. The van der Waals surface area contributed by atoms with Crippen molar-refractivity contribution in [1.29, 1.82) is 5.26 Å². The molecule has 0 unspecified atom stereocenters. The van der Waals surface area contributed by atoms with E-state index in [1.165, 1.54) is 12.1 Å². The summed E-state index contributed by atoms with van der Waals surface area (Å²) >= 11 is 17.4. The van der Waals surface area contributed by atoms with E-state index in [1.807, 2.05) is 0 Å². The first-order chi connectivity index (χ1) is 8.49. The number of hydrogen-bond donors (Lipinski definition) is 1. The van der Waals surface area contributed by atoms with Gasteiger partial charge in [-0.1, -0.05) is 34.8 Å². The normalized spacial score (nSPS) is 10.7. The number of halogens is 3. The summed E-state index contributed by atoms with van der Waals surface area (Å²) in [5.74, 6) is -0.860. The van der Waals surface area contributed by atoms with Crippen LogP contribution in [0.4, 0.5) is 5.69 Å². The fourth-order valence-electron chi connectivity index (χ4n) is 0.937. The second kappa shape index (κ2) is 6.45. The highest BCUT2D eigenvalue weighted by molar-refractivity contribution is 6.44. The van der Waals surface area contributed by atoms with Crippen LogP contribution in [0.2, 0.25) is 15.1 Å². The Bertz CT molecular complexity index is 552. The molecule has 0 aliphatic carbocycles. The smallest absolute Gasteiger partial charge is 0.369 e. The molecule has 1 aromatic rings. The molecule has 0 saturated heterocycles. The Hall–Kier alpha value is -1.48. The number of anilines is 1. The number of nitrogens with one attached hydrogen (secondary N) is 1. The van der Waals surface area contributed by atoms with Gasteiger partial charge < -0.3 is 4.74 Å². The van der Waals surface area contributed by atoms with E-state index in [1.54, 1.807) is 6.07 Å². The highest BCUT2D eigenvalue weighted by Gasteiger charge is 2.11. The summed E-state index contributed by atoms with van der Waals surface area (Å²) in [7, 11) is 1.14. The third-order valence-electron chi connectivity index (χ3n) is 1.78. The van der Waals surface area contributed by atoms with Crippen molar-refractivity contribution in [2.45, 2.75) is 0 Å².